The van der Waals surface area contributed by atoms with E-state index in [9.17, 15) is 0 Å². The number of hydrogen-bond acceptors (Lipinski definition) is 0. The zero-order valence-electron chi connectivity index (χ0n) is 19.5. The van der Waals surface area contributed by atoms with E-state index in [2.05, 4.69) is 48.0 Å². The Morgan fingerprint density at radius 1 is 0.714 bits per heavy atom. The first-order chi connectivity index (χ1) is 14.8. The van der Waals surface area contributed by atoms with Crippen molar-refractivity contribution in [1.29, 1.82) is 0 Å². The van der Waals surface area contributed by atoms with Crippen LogP contribution in [0.4, 0.5) is 0 Å². The fourth-order valence-corrected chi connectivity index (χ4v) is 3.86. The Bertz CT molecular complexity index is 1240. The summed E-state index contributed by atoms with van der Waals surface area (Å²) in [4.78, 5) is 0. The summed E-state index contributed by atoms with van der Waals surface area (Å²) in [7, 11) is 2.04. The molecule has 0 bridgehead atoms. The van der Waals surface area contributed by atoms with Crippen LogP contribution in [0, 0.1) is 20.7 Å². The van der Waals surface area contributed by atoms with E-state index in [1.165, 1.54) is 5.56 Å². The van der Waals surface area contributed by atoms with Gasteiger partial charge in [0.2, 0.25) is 5.69 Å². The van der Waals surface area contributed by atoms with Crippen LogP contribution in [0.25, 0.3) is 33.5 Å². The van der Waals surface area contributed by atoms with Crippen LogP contribution in [0.15, 0.2) is 85.1 Å². The minimum atomic E-state index is -2.16. The van der Waals surface area contributed by atoms with Crippen molar-refractivity contribution in [3.63, 3.8) is 0 Å². The second-order valence-corrected chi connectivity index (χ2v) is 7.25. The maximum absolute atomic E-state index is 8.03. The quantitative estimate of drug-likeness (QED) is 0.367. The van der Waals surface area contributed by atoms with E-state index in [1.54, 1.807) is 6.07 Å². The van der Waals surface area contributed by atoms with E-state index in [4.69, 9.17) is 4.11 Å². The highest BCUT2D eigenvalue weighted by Gasteiger charge is 2.17. The molecule has 0 atom stereocenters. The van der Waals surface area contributed by atoms with Crippen molar-refractivity contribution in [2.45, 2.75) is 20.7 Å². The second kappa shape index (κ2) is 7.44. The fourth-order valence-electron chi connectivity index (χ4n) is 3.86. The van der Waals surface area contributed by atoms with Gasteiger partial charge in [-0.3, -0.25) is 0 Å². The lowest BCUT2D eigenvalue weighted by atomic mass is 9.89. The topological polar surface area (TPSA) is 3.88 Å². The number of rotatable bonds is 3. The molecule has 28 heavy (non-hydrogen) atoms. The van der Waals surface area contributed by atoms with Crippen molar-refractivity contribution >= 4 is 0 Å². The van der Waals surface area contributed by atoms with Crippen LogP contribution in [0.1, 0.15) is 20.8 Å². The Hall–Kier alpha value is -3.19. The molecule has 0 radical (unpaired) electrons. The summed E-state index contributed by atoms with van der Waals surface area (Å²) < 4.78 is 26.2. The lowest BCUT2D eigenvalue weighted by molar-refractivity contribution is -0.660. The molecule has 0 fully saturated rings. The smallest absolute Gasteiger partial charge is 0.201 e. The Kier molecular flexibility index (Phi) is 3.94. The van der Waals surface area contributed by atoms with Gasteiger partial charge in [-0.25, -0.2) is 4.57 Å². The minimum Gasteiger partial charge on any atom is -0.201 e. The van der Waals surface area contributed by atoms with Crippen LogP contribution < -0.4 is 4.57 Å². The van der Waals surface area contributed by atoms with Gasteiger partial charge in [0.15, 0.2) is 6.20 Å². The monoisotopic (exact) mass is 367 g/mol. The molecule has 1 nitrogen and oxygen atoms in total. The average molecular weight is 368 g/mol. The SMILES string of the molecule is [2H]C([2H])([2H])c1cccc(C)c1-c1cccc(-c2cc(-c3ccccc3)cc[n+]2C)c1C. The third kappa shape index (κ3) is 3.25. The van der Waals surface area contributed by atoms with Gasteiger partial charge in [-0.15, -0.1) is 0 Å². The molecule has 0 aliphatic heterocycles. The van der Waals surface area contributed by atoms with Crippen LogP contribution in [-0.2, 0) is 7.05 Å². The molecule has 0 saturated carbocycles. The van der Waals surface area contributed by atoms with Crippen molar-refractivity contribution < 1.29 is 8.68 Å². The number of nitrogens with zero attached hydrogens (tertiary/aromatic N) is 1. The van der Waals surface area contributed by atoms with Gasteiger partial charge in [0.1, 0.15) is 7.05 Å². The number of pyridine rings is 1. The van der Waals surface area contributed by atoms with E-state index < -0.39 is 6.85 Å². The number of aryl methyl sites for hydroxylation is 3. The van der Waals surface area contributed by atoms with E-state index in [1.807, 2.05) is 56.4 Å². The summed E-state index contributed by atoms with van der Waals surface area (Å²) in [6, 6.07) is 26.3. The predicted molar refractivity (Wildman–Crippen MR) is 118 cm³/mol. The van der Waals surface area contributed by atoms with E-state index >= 15 is 0 Å². The summed E-state index contributed by atoms with van der Waals surface area (Å²) in [5.74, 6) is 0. The van der Waals surface area contributed by atoms with Gasteiger partial charge in [-0.05, 0) is 65.7 Å². The largest absolute Gasteiger partial charge is 0.213 e. The highest BCUT2D eigenvalue weighted by Crippen LogP contribution is 2.35. The maximum atomic E-state index is 8.03. The first-order valence-corrected chi connectivity index (χ1v) is 9.53. The number of hydrogen-bond donors (Lipinski definition) is 0. The molecule has 0 N–H and O–H groups in total. The molecule has 0 unspecified atom stereocenters. The minimum absolute atomic E-state index is 0.398. The maximum Gasteiger partial charge on any atom is 0.213 e. The van der Waals surface area contributed by atoms with Gasteiger partial charge in [-0.1, -0.05) is 60.7 Å². The molecule has 0 saturated heterocycles. The van der Waals surface area contributed by atoms with Crippen molar-refractivity contribution in [2.24, 2.45) is 7.05 Å². The molecule has 4 rings (SSSR count). The highest BCUT2D eigenvalue weighted by molar-refractivity contribution is 5.80. The summed E-state index contributed by atoms with van der Waals surface area (Å²) in [5.41, 5.74) is 8.71. The summed E-state index contributed by atoms with van der Waals surface area (Å²) in [5, 5.41) is 0. The predicted octanol–water partition coefficient (Wildman–Crippen LogP) is 6.44. The normalized spacial score (nSPS) is 12.9. The van der Waals surface area contributed by atoms with E-state index in [0.717, 1.165) is 39.1 Å². The molecule has 0 spiro atoms. The molecular formula is C27H26N+. The van der Waals surface area contributed by atoms with Crippen molar-refractivity contribution in [3.05, 3.63) is 102 Å². The van der Waals surface area contributed by atoms with Crippen LogP contribution in [0.2, 0.25) is 0 Å². The first kappa shape index (κ1) is 14.8. The average Bonchev–Trinajstić information content (AvgIpc) is 2.75. The Labute approximate surface area is 172 Å². The molecule has 1 aromatic heterocycles. The van der Waals surface area contributed by atoms with Crippen molar-refractivity contribution in [3.8, 4) is 33.5 Å². The third-order valence-electron chi connectivity index (χ3n) is 5.41. The summed E-state index contributed by atoms with van der Waals surface area (Å²) >= 11 is 0. The molecule has 1 heterocycles. The number of aromatic nitrogens is 1. The molecular weight excluding hydrogens is 338 g/mol. The van der Waals surface area contributed by atoms with Crippen LogP contribution in [-0.4, -0.2) is 0 Å². The van der Waals surface area contributed by atoms with Gasteiger partial charge in [-0.2, -0.15) is 0 Å². The lowest BCUT2D eigenvalue weighted by Gasteiger charge is -2.15. The molecule has 0 aliphatic rings. The lowest BCUT2D eigenvalue weighted by Crippen LogP contribution is -2.30. The van der Waals surface area contributed by atoms with Crippen LogP contribution in [0.3, 0.4) is 0 Å². The highest BCUT2D eigenvalue weighted by atomic mass is 14.9. The Morgan fingerprint density at radius 2 is 1.43 bits per heavy atom. The fraction of sp³-hybridized carbons (Fsp3) is 0.148. The number of benzene rings is 3. The summed E-state index contributed by atoms with van der Waals surface area (Å²) in [6.07, 6.45) is 2.07. The van der Waals surface area contributed by atoms with Gasteiger partial charge in [0.25, 0.3) is 0 Å². The van der Waals surface area contributed by atoms with Gasteiger partial charge < -0.3 is 0 Å². The standard InChI is InChI=1S/C27H26N/c1-19-10-8-11-20(2)27(19)25-15-9-14-24(21(25)3)26-18-23(16-17-28(26)4)22-12-6-5-7-13-22/h5-18H,1-4H3/q+1/i1D3. The van der Waals surface area contributed by atoms with Crippen LogP contribution >= 0.6 is 0 Å². The molecule has 3 aromatic carbocycles. The summed E-state index contributed by atoms with van der Waals surface area (Å²) in [6.45, 7) is 1.89. The van der Waals surface area contributed by atoms with Gasteiger partial charge in [0.05, 0.1) is 0 Å². The van der Waals surface area contributed by atoms with Crippen molar-refractivity contribution in [2.75, 3.05) is 0 Å². The van der Waals surface area contributed by atoms with Crippen molar-refractivity contribution in [1.82, 2.24) is 0 Å². The van der Waals surface area contributed by atoms with Gasteiger partial charge in [0, 0.05) is 21.8 Å². The Morgan fingerprint density at radius 3 is 2.21 bits per heavy atom. The molecule has 4 aromatic rings. The van der Waals surface area contributed by atoms with E-state index in [0.29, 0.717) is 5.56 Å². The third-order valence-corrected chi connectivity index (χ3v) is 5.41. The zero-order chi connectivity index (χ0) is 22.2. The van der Waals surface area contributed by atoms with E-state index in [-0.39, 0.29) is 0 Å². The zero-order valence-corrected chi connectivity index (χ0v) is 16.5. The van der Waals surface area contributed by atoms with Gasteiger partial charge >= 0.3 is 0 Å². The first-order valence-electron chi connectivity index (χ1n) is 11.0. The second-order valence-electron chi connectivity index (χ2n) is 7.25. The van der Waals surface area contributed by atoms with Crippen LogP contribution in [0.5, 0.6) is 0 Å². The molecule has 0 aliphatic carbocycles. The molecule has 138 valence electrons. The Balaban J connectivity index is 1.92. The molecule has 1 heteroatoms. The molecule has 0 amide bonds.